The molecule has 0 saturated carbocycles. The molecule has 0 atom stereocenters. The Kier molecular flexibility index (Phi) is 8.66. The van der Waals surface area contributed by atoms with Crippen molar-refractivity contribution >= 4 is 47.2 Å². The Morgan fingerprint density at radius 1 is 1.07 bits per heavy atom. The maximum Gasteiger partial charge on any atom is 0.191 e. The van der Waals surface area contributed by atoms with Gasteiger partial charge in [0.1, 0.15) is 0 Å². The van der Waals surface area contributed by atoms with Gasteiger partial charge in [0.2, 0.25) is 0 Å². The molecular formula is C20H26ClIN4O. The summed E-state index contributed by atoms with van der Waals surface area (Å²) in [6.07, 6.45) is 0. The zero-order valence-corrected chi connectivity index (χ0v) is 18.6. The minimum absolute atomic E-state index is 0. The smallest absolute Gasteiger partial charge is 0.191 e. The quantitative estimate of drug-likeness (QED) is 0.386. The van der Waals surface area contributed by atoms with Crippen molar-refractivity contribution in [2.75, 3.05) is 38.2 Å². The molecule has 0 unspecified atom stereocenters. The Bertz CT molecular complexity index is 746. The fourth-order valence-corrected chi connectivity index (χ4v) is 3.23. The molecule has 0 aliphatic carbocycles. The first-order valence-electron chi connectivity index (χ1n) is 8.78. The van der Waals surface area contributed by atoms with Gasteiger partial charge in [-0.05, 0) is 35.4 Å². The Balaban J connectivity index is 0.00000261. The molecule has 1 aliphatic rings. The highest BCUT2D eigenvalue weighted by Gasteiger charge is 2.18. The summed E-state index contributed by atoms with van der Waals surface area (Å²) in [5.74, 6) is 0.609. The second-order valence-corrected chi connectivity index (χ2v) is 6.81. The monoisotopic (exact) mass is 500 g/mol. The lowest BCUT2D eigenvalue weighted by Crippen LogP contribution is -2.51. The van der Waals surface area contributed by atoms with Crippen LogP contribution < -0.4 is 10.6 Å². The Morgan fingerprint density at radius 2 is 1.74 bits per heavy atom. The third kappa shape index (κ3) is 6.26. The van der Waals surface area contributed by atoms with Gasteiger partial charge in [-0.3, -0.25) is 0 Å². The highest BCUT2D eigenvalue weighted by Crippen LogP contribution is 2.19. The summed E-state index contributed by atoms with van der Waals surface area (Å²) in [5, 5.41) is 0.762. The van der Waals surface area contributed by atoms with Gasteiger partial charge in [0.25, 0.3) is 0 Å². The SMILES string of the molecule is COCc1cccc(CN=C(N)N2CCN(c3ccc(Cl)cc3)CC2)c1.I. The molecule has 3 rings (SSSR count). The maximum atomic E-state index is 6.21. The normalized spacial score (nSPS) is 14.8. The van der Waals surface area contributed by atoms with E-state index >= 15 is 0 Å². The number of nitrogens with zero attached hydrogens (tertiary/aromatic N) is 3. The van der Waals surface area contributed by atoms with Crippen LogP contribution in [-0.2, 0) is 17.9 Å². The predicted octanol–water partition coefficient (Wildman–Crippen LogP) is 3.74. The van der Waals surface area contributed by atoms with Crippen molar-refractivity contribution in [2.24, 2.45) is 10.7 Å². The molecule has 2 aromatic rings. The number of anilines is 1. The van der Waals surface area contributed by atoms with Crippen LogP contribution >= 0.6 is 35.6 Å². The van der Waals surface area contributed by atoms with E-state index in [1.807, 2.05) is 18.2 Å². The summed E-state index contributed by atoms with van der Waals surface area (Å²) >= 11 is 5.96. The molecule has 2 N–H and O–H groups in total. The number of ether oxygens (including phenoxy) is 1. The first kappa shape index (κ1) is 21.8. The van der Waals surface area contributed by atoms with E-state index in [9.17, 15) is 0 Å². The fourth-order valence-electron chi connectivity index (χ4n) is 3.10. The van der Waals surface area contributed by atoms with Crippen molar-refractivity contribution in [1.82, 2.24) is 4.90 Å². The zero-order valence-electron chi connectivity index (χ0n) is 15.5. The molecule has 1 fully saturated rings. The first-order chi connectivity index (χ1) is 12.7. The molecule has 0 bridgehead atoms. The number of piperazine rings is 1. The topological polar surface area (TPSA) is 54.1 Å². The molecule has 0 aromatic heterocycles. The molecular weight excluding hydrogens is 475 g/mol. The number of guanidine groups is 1. The Morgan fingerprint density at radius 3 is 2.41 bits per heavy atom. The highest BCUT2D eigenvalue weighted by molar-refractivity contribution is 14.0. The van der Waals surface area contributed by atoms with Crippen molar-refractivity contribution in [1.29, 1.82) is 0 Å². The van der Waals surface area contributed by atoms with Gasteiger partial charge in [-0.25, -0.2) is 4.99 Å². The molecule has 0 radical (unpaired) electrons. The standard InChI is InChI=1S/C20H25ClN4O.HI/c1-26-15-17-4-2-3-16(13-17)14-23-20(22)25-11-9-24(10-12-25)19-7-5-18(21)6-8-19;/h2-8,13H,9-12,14-15H2,1H3,(H2,22,23);1H. The second kappa shape index (κ2) is 10.7. The summed E-state index contributed by atoms with van der Waals surface area (Å²) < 4.78 is 5.18. The van der Waals surface area contributed by atoms with Crippen LogP contribution in [0.4, 0.5) is 5.69 Å². The van der Waals surface area contributed by atoms with Crippen molar-refractivity contribution in [3.63, 3.8) is 0 Å². The second-order valence-electron chi connectivity index (χ2n) is 6.38. The number of nitrogens with two attached hydrogens (primary N) is 1. The van der Waals surface area contributed by atoms with E-state index in [-0.39, 0.29) is 24.0 Å². The van der Waals surface area contributed by atoms with Crippen molar-refractivity contribution in [2.45, 2.75) is 13.2 Å². The molecule has 0 amide bonds. The Hall–Kier alpha value is -1.51. The van der Waals surface area contributed by atoms with E-state index < -0.39 is 0 Å². The van der Waals surface area contributed by atoms with E-state index in [4.69, 9.17) is 22.1 Å². The number of hydrogen-bond acceptors (Lipinski definition) is 3. The van der Waals surface area contributed by atoms with Crippen molar-refractivity contribution in [3.8, 4) is 0 Å². The number of rotatable bonds is 5. The van der Waals surface area contributed by atoms with Gasteiger partial charge in [-0.15, -0.1) is 24.0 Å². The summed E-state index contributed by atoms with van der Waals surface area (Å²) in [6, 6.07) is 16.2. The van der Waals surface area contributed by atoms with Gasteiger partial charge in [-0.2, -0.15) is 0 Å². The first-order valence-corrected chi connectivity index (χ1v) is 9.15. The van der Waals surface area contributed by atoms with Crippen LogP contribution in [0.2, 0.25) is 5.02 Å². The molecule has 1 saturated heterocycles. The van der Waals surface area contributed by atoms with Crippen LogP contribution in [0, 0.1) is 0 Å². The molecule has 1 aliphatic heterocycles. The largest absolute Gasteiger partial charge is 0.380 e. The van der Waals surface area contributed by atoms with Crippen LogP contribution in [0.5, 0.6) is 0 Å². The van der Waals surface area contributed by atoms with E-state index in [0.717, 1.165) is 42.3 Å². The van der Waals surface area contributed by atoms with Gasteiger partial charge in [0.15, 0.2) is 5.96 Å². The number of benzene rings is 2. The molecule has 146 valence electrons. The van der Waals surface area contributed by atoms with Crippen LogP contribution in [0.3, 0.4) is 0 Å². The van der Waals surface area contributed by atoms with Crippen LogP contribution in [-0.4, -0.2) is 44.1 Å². The van der Waals surface area contributed by atoms with Crippen LogP contribution in [0.1, 0.15) is 11.1 Å². The predicted molar refractivity (Wildman–Crippen MR) is 123 cm³/mol. The van der Waals surface area contributed by atoms with E-state index in [0.29, 0.717) is 19.1 Å². The van der Waals surface area contributed by atoms with Gasteiger partial charge in [0, 0.05) is 44.0 Å². The summed E-state index contributed by atoms with van der Waals surface area (Å²) in [6.45, 7) is 4.76. The fraction of sp³-hybridized carbons (Fsp3) is 0.350. The summed E-state index contributed by atoms with van der Waals surface area (Å²) in [7, 11) is 1.70. The van der Waals surface area contributed by atoms with E-state index in [2.05, 4.69) is 45.1 Å². The third-order valence-electron chi connectivity index (χ3n) is 4.52. The number of methoxy groups -OCH3 is 1. The molecule has 2 aromatic carbocycles. The van der Waals surface area contributed by atoms with Gasteiger partial charge < -0.3 is 20.3 Å². The minimum atomic E-state index is 0. The average Bonchev–Trinajstić information content (AvgIpc) is 2.67. The zero-order chi connectivity index (χ0) is 18.4. The maximum absolute atomic E-state index is 6.21. The lowest BCUT2D eigenvalue weighted by molar-refractivity contribution is 0.185. The van der Waals surface area contributed by atoms with Crippen molar-refractivity contribution < 1.29 is 4.74 Å². The molecule has 0 spiro atoms. The minimum Gasteiger partial charge on any atom is -0.380 e. The number of aliphatic imine (C=N–C) groups is 1. The van der Waals surface area contributed by atoms with Gasteiger partial charge in [0.05, 0.1) is 13.2 Å². The Labute approximate surface area is 183 Å². The molecule has 27 heavy (non-hydrogen) atoms. The average molecular weight is 501 g/mol. The van der Waals surface area contributed by atoms with Crippen LogP contribution in [0.25, 0.3) is 0 Å². The van der Waals surface area contributed by atoms with E-state index in [1.165, 1.54) is 5.69 Å². The van der Waals surface area contributed by atoms with Crippen molar-refractivity contribution in [3.05, 3.63) is 64.7 Å². The van der Waals surface area contributed by atoms with Gasteiger partial charge >= 0.3 is 0 Å². The summed E-state index contributed by atoms with van der Waals surface area (Å²) in [4.78, 5) is 9.06. The van der Waals surface area contributed by atoms with E-state index in [1.54, 1.807) is 7.11 Å². The highest BCUT2D eigenvalue weighted by atomic mass is 127. The van der Waals surface area contributed by atoms with Crippen LogP contribution in [0.15, 0.2) is 53.5 Å². The molecule has 5 nitrogen and oxygen atoms in total. The number of hydrogen-bond donors (Lipinski definition) is 1. The lowest BCUT2D eigenvalue weighted by Gasteiger charge is -2.36. The molecule has 7 heteroatoms. The number of halogens is 2. The molecule has 1 heterocycles. The lowest BCUT2D eigenvalue weighted by atomic mass is 10.1. The third-order valence-corrected chi connectivity index (χ3v) is 4.77. The summed E-state index contributed by atoms with van der Waals surface area (Å²) in [5.41, 5.74) is 9.70. The van der Waals surface area contributed by atoms with Gasteiger partial charge in [-0.1, -0.05) is 35.9 Å².